The monoisotopic (exact) mass is 206 g/mol. The van der Waals surface area contributed by atoms with Crippen LogP contribution in [0.1, 0.15) is 30.8 Å². The van der Waals surface area contributed by atoms with E-state index in [0.29, 0.717) is 30.9 Å². The summed E-state index contributed by atoms with van der Waals surface area (Å²) in [6.45, 7) is 4.64. The predicted molar refractivity (Wildman–Crippen MR) is 56.8 cm³/mol. The van der Waals surface area contributed by atoms with Gasteiger partial charge < -0.3 is 9.32 Å². The predicted octanol–water partition coefficient (Wildman–Crippen LogP) is 2.22. The molecule has 1 aromatic heterocycles. The number of nitriles is 1. The van der Waals surface area contributed by atoms with Crippen LogP contribution in [0.15, 0.2) is 16.5 Å². The standard InChI is InChI=1S/C11H14N2O2/c1-9(2)13(7-3-6-12)11-5-4-10(8-14)15-11/h4-5,8-9H,3,7H2,1-2H3. The summed E-state index contributed by atoms with van der Waals surface area (Å²) in [5.41, 5.74) is 0. The van der Waals surface area contributed by atoms with Crippen molar-refractivity contribution in [2.75, 3.05) is 11.4 Å². The lowest BCUT2D eigenvalue weighted by molar-refractivity contribution is 0.110. The highest BCUT2D eigenvalue weighted by Crippen LogP contribution is 2.20. The van der Waals surface area contributed by atoms with E-state index in [9.17, 15) is 4.79 Å². The lowest BCUT2D eigenvalue weighted by Crippen LogP contribution is -2.31. The molecule has 0 radical (unpaired) electrons. The Labute approximate surface area is 89.1 Å². The number of aldehydes is 1. The average molecular weight is 206 g/mol. The first-order valence-electron chi connectivity index (χ1n) is 4.87. The van der Waals surface area contributed by atoms with Crippen LogP contribution in [-0.4, -0.2) is 18.9 Å². The Morgan fingerprint density at radius 1 is 1.60 bits per heavy atom. The zero-order valence-electron chi connectivity index (χ0n) is 8.93. The fourth-order valence-electron chi connectivity index (χ4n) is 1.35. The van der Waals surface area contributed by atoms with Crippen molar-refractivity contribution in [1.82, 2.24) is 0 Å². The number of anilines is 1. The molecule has 1 rings (SSSR count). The fourth-order valence-corrected chi connectivity index (χ4v) is 1.35. The number of carbonyl (C=O) groups is 1. The first kappa shape index (κ1) is 11.3. The number of carbonyl (C=O) groups excluding carboxylic acids is 1. The van der Waals surface area contributed by atoms with Gasteiger partial charge in [-0.15, -0.1) is 0 Å². The largest absolute Gasteiger partial charge is 0.438 e. The zero-order valence-corrected chi connectivity index (χ0v) is 8.93. The lowest BCUT2D eigenvalue weighted by atomic mass is 10.3. The van der Waals surface area contributed by atoms with E-state index in [4.69, 9.17) is 9.68 Å². The minimum Gasteiger partial charge on any atom is -0.438 e. The van der Waals surface area contributed by atoms with Crippen molar-refractivity contribution in [3.05, 3.63) is 17.9 Å². The van der Waals surface area contributed by atoms with Crippen molar-refractivity contribution in [1.29, 1.82) is 5.26 Å². The molecular formula is C11H14N2O2. The maximum Gasteiger partial charge on any atom is 0.196 e. The van der Waals surface area contributed by atoms with E-state index in [0.717, 1.165) is 0 Å². The van der Waals surface area contributed by atoms with E-state index in [1.165, 1.54) is 0 Å². The molecule has 0 unspecified atom stereocenters. The van der Waals surface area contributed by atoms with Gasteiger partial charge >= 0.3 is 0 Å². The molecule has 0 amide bonds. The average Bonchev–Trinajstić information content (AvgIpc) is 2.66. The molecule has 0 aliphatic carbocycles. The van der Waals surface area contributed by atoms with E-state index in [2.05, 4.69) is 6.07 Å². The third-order valence-corrected chi connectivity index (χ3v) is 2.10. The summed E-state index contributed by atoms with van der Waals surface area (Å²) < 4.78 is 5.30. The van der Waals surface area contributed by atoms with Crippen LogP contribution >= 0.6 is 0 Å². The van der Waals surface area contributed by atoms with Crippen LogP contribution in [0.5, 0.6) is 0 Å². The highest BCUT2D eigenvalue weighted by atomic mass is 16.4. The van der Waals surface area contributed by atoms with Gasteiger partial charge in [0.15, 0.2) is 17.9 Å². The summed E-state index contributed by atoms with van der Waals surface area (Å²) in [5.74, 6) is 0.954. The molecule has 1 aromatic rings. The van der Waals surface area contributed by atoms with Crippen molar-refractivity contribution in [2.24, 2.45) is 0 Å². The summed E-state index contributed by atoms with van der Waals surface area (Å²) in [7, 11) is 0. The summed E-state index contributed by atoms with van der Waals surface area (Å²) in [6.07, 6.45) is 1.11. The Balaban J connectivity index is 2.79. The molecular weight excluding hydrogens is 192 g/mol. The highest BCUT2D eigenvalue weighted by molar-refractivity contribution is 5.71. The van der Waals surface area contributed by atoms with Crippen LogP contribution in [0.3, 0.4) is 0 Å². The van der Waals surface area contributed by atoms with Crippen molar-refractivity contribution in [3.63, 3.8) is 0 Å². The maximum absolute atomic E-state index is 10.5. The van der Waals surface area contributed by atoms with E-state index in [1.807, 2.05) is 18.7 Å². The number of rotatable bonds is 5. The third-order valence-electron chi connectivity index (χ3n) is 2.10. The normalized spacial score (nSPS) is 10.0. The Hall–Kier alpha value is -1.76. The van der Waals surface area contributed by atoms with Gasteiger partial charge in [-0.05, 0) is 19.9 Å². The lowest BCUT2D eigenvalue weighted by Gasteiger charge is -2.24. The van der Waals surface area contributed by atoms with Gasteiger partial charge in [0.05, 0.1) is 12.5 Å². The molecule has 80 valence electrons. The van der Waals surface area contributed by atoms with Gasteiger partial charge in [-0.25, -0.2) is 0 Å². The van der Waals surface area contributed by atoms with Crippen LogP contribution in [0.25, 0.3) is 0 Å². The van der Waals surface area contributed by atoms with Crippen LogP contribution in [0.4, 0.5) is 5.88 Å². The molecule has 15 heavy (non-hydrogen) atoms. The zero-order chi connectivity index (χ0) is 11.3. The topological polar surface area (TPSA) is 57.2 Å². The Kier molecular flexibility index (Phi) is 3.92. The van der Waals surface area contributed by atoms with Crippen molar-refractivity contribution < 1.29 is 9.21 Å². The van der Waals surface area contributed by atoms with E-state index < -0.39 is 0 Å². The molecule has 0 saturated carbocycles. The molecule has 0 aliphatic rings. The maximum atomic E-state index is 10.5. The molecule has 1 heterocycles. The summed E-state index contributed by atoms with van der Waals surface area (Å²) in [6, 6.07) is 5.71. The number of hydrogen-bond acceptors (Lipinski definition) is 4. The summed E-state index contributed by atoms with van der Waals surface area (Å²) >= 11 is 0. The van der Waals surface area contributed by atoms with Gasteiger partial charge in [-0.2, -0.15) is 5.26 Å². The highest BCUT2D eigenvalue weighted by Gasteiger charge is 2.13. The van der Waals surface area contributed by atoms with Gasteiger partial charge in [0.2, 0.25) is 0 Å². The molecule has 4 nitrogen and oxygen atoms in total. The fraction of sp³-hybridized carbons (Fsp3) is 0.455. The molecule has 0 aliphatic heterocycles. The van der Waals surface area contributed by atoms with Crippen molar-refractivity contribution in [2.45, 2.75) is 26.3 Å². The molecule has 0 aromatic carbocycles. The van der Waals surface area contributed by atoms with Crippen molar-refractivity contribution in [3.8, 4) is 6.07 Å². The second-order valence-corrected chi connectivity index (χ2v) is 3.49. The Bertz CT molecular complexity index is 363. The Morgan fingerprint density at radius 3 is 2.80 bits per heavy atom. The SMILES string of the molecule is CC(C)N(CCC#N)c1ccc(C=O)o1. The quantitative estimate of drug-likeness (QED) is 0.693. The summed E-state index contributed by atoms with van der Waals surface area (Å²) in [4.78, 5) is 12.4. The van der Waals surface area contributed by atoms with Gasteiger partial charge in [0, 0.05) is 18.7 Å². The first-order valence-corrected chi connectivity index (χ1v) is 4.87. The second kappa shape index (κ2) is 5.20. The van der Waals surface area contributed by atoms with E-state index in [1.54, 1.807) is 12.1 Å². The summed E-state index contributed by atoms with van der Waals surface area (Å²) in [5, 5.41) is 8.53. The van der Waals surface area contributed by atoms with Crippen molar-refractivity contribution >= 4 is 12.2 Å². The van der Waals surface area contributed by atoms with E-state index >= 15 is 0 Å². The van der Waals surface area contributed by atoms with Crippen LogP contribution in [0, 0.1) is 11.3 Å². The molecule has 0 fully saturated rings. The molecule has 0 saturated heterocycles. The first-order chi connectivity index (χ1) is 7.19. The minimum absolute atomic E-state index is 0.240. The molecule has 0 spiro atoms. The van der Waals surface area contributed by atoms with Gasteiger partial charge in [-0.3, -0.25) is 4.79 Å². The number of nitrogens with zero attached hydrogens (tertiary/aromatic N) is 2. The van der Waals surface area contributed by atoms with Gasteiger partial charge in [0.25, 0.3) is 0 Å². The second-order valence-electron chi connectivity index (χ2n) is 3.49. The molecule has 4 heteroatoms. The smallest absolute Gasteiger partial charge is 0.196 e. The molecule has 0 bridgehead atoms. The van der Waals surface area contributed by atoms with Crippen LogP contribution in [0.2, 0.25) is 0 Å². The number of furan rings is 1. The number of hydrogen-bond donors (Lipinski definition) is 0. The molecule has 0 N–H and O–H groups in total. The van der Waals surface area contributed by atoms with Crippen LogP contribution < -0.4 is 4.90 Å². The third kappa shape index (κ3) is 2.84. The van der Waals surface area contributed by atoms with Gasteiger partial charge in [-0.1, -0.05) is 0 Å². The van der Waals surface area contributed by atoms with Crippen LogP contribution in [-0.2, 0) is 0 Å². The minimum atomic E-state index is 0.240. The van der Waals surface area contributed by atoms with Gasteiger partial charge in [0.1, 0.15) is 0 Å². The van der Waals surface area contributed by atoms with E-state index in [-0.39, 0.29) is 6.04 Å². The molecule has 0 atom stereocenters. The Morgan fingerprint density at radius 2 is 2.33 bits per heavy atom.